The lowest BCUT2D eigenvalue weighted by Gasteiger charge is -2.48. The third kappa shape index (κ3) is 5.30. The summed E-state index contributed by atoms with van der Waals surface area (Å²) in [6, 6.07) is 21.0. The number of ether oxygens (including phenoxy) is 2. The molecule has 3 aromatic carbocycles. The number of Topliss-reactive ketones (excluding diaryl/α,β-unsaturated/α-hetero) is 1. The smallest absolute Gasteiger partial charge is 0.204 e. The number of carbonyl (C=O) groups is 1. The molecule has 3 atom stereocenters. The molecule has 0 unspecified atom stereocenters. The minimum absolute atomic E-state index is 0.106. The van der Waals surface area contributed by atoms with Crippen molar-refractivity contribution in [3.8, 4) is 11.5 Å². The van der Waals surface area contributed by atoms with Gasteiger partial charge in [-0.05, 0) is 41.8 Å². The molecule has 1 aromatic heterocycles. The third-order valence-corrected chi connectivity index (χ3v) is 8.09. The van der Waals surface area contributed by atoms with Crippen molar-refractivity contribution in [3.63, 3.8) is 0 Å². The van der Waals surface area contributed by atoms with Gasteiger partial charge in [-0.25, -0.2) is 0 Å². The predicted octanol–water partition coefficient (Wildman–Crippen LogP) is 4.15. The Balaban J connectivity index is 1.15. The van der Waals surface area contributed by atoms with Gasteiger partial charge in [0.25, 0.3) is 0 Å². The second-order valence-corrected chi connectivity index (χ2v) is 10.7. The molecule has 8 heteroatoms. The van der Waals surface area contributed by atoms with Crippen molar-refractivity contribution in [2.24, 2.45) is 0 Å². The van der Waals surface area contributed by atoms with Crippen molar-refractivity contribution in [1.82, 2.24) is 9.88 Å². The third-order valence-electron chi connectivity index (χ3n) is 8.09. The van der Waals surface area contributed by atoms with E-state index in [2.05, 4.69) is 69.4 Å². The topological polar surface area (TPSA) is 98.3 Å². The van der Waals surface area contributed by atoms with Crippen molar-refractivity contribution in [2.75, 3.05) is 44.9 Å². The average molecular weight is 542 g/mol. The monoisotopic (exact) mass is 541 g/mol. The lowest BCUT2D eigenvalue weighted by Crippen LogP contribution is -2.60. The first-order valence-electron chi connectivity index (χ1n) is 13.8. The lowest BCUT2D eigenvalue weighted by atomic mass is 9.96. The number of methoxy groups -OCH3 is 1. The highest BCUT2D eigenvalue weighted by Gasteiger charge is 2.35. The molecule has 3 N–H and O–H groups in total. The summed E-state index contributed by atoms with van der Waals surface area (Å²) in [5.74, 6) is 0.685. The highest BCUT2D eigenvalue weighted by molar-refractivity contribution is 6.01. The average Bonchev–Trinajstić information content (AvgIpc) is 3.40. The number of aliphatic hydroxyl groups excluding tert-OH is 2. The molecule has 0 spiro atoms. The maximum absolute atomic E-state index is 12.0. The Morgan fingerprint density at radius 2 is 1.82 bits per heavy atom. The summed E-state index contributed by atoms with van der Waals surface area (Å²) in [5.41, 5.74) is 2.22. The Labute approximate surface area is 233 Å². The van der Waals surface area contributed by atoms with Crippen molar-refractivity contribution in [3.05, 3.63) is 78.5 Å². The largest absolute Gasteiger partial charge is 0.497 e. The molecule has 1 fully saturated rings. The number of carbonyl (C=O) groups excluding carboxylic acids is 1. The van der Waals surface area contributed by atoms with Crippen molar-refractivity contribution in [2.45, 2.75) is 31.0 Å². The van der Waals surface area contributed by atoms with E-state index in [1.165, 1.54) is 16.5 Å². The summed E-state index contributed by atoms with van der Waals surface area (Å²) in [7, 11) is 1.56. The van der Waals surface area contributed by atoms with E-state index in [-0.39, 0.29) is 12.6 Å². The van der Waals surface area contributed by atoms with Gasteiger partial charge in [0.15, 0.2) is 0 Å². The van der Waals surface area contributed by atoms with Gasteiger partial charge >= 0.3 is 0 Å². The summed E-state index contributed by atoms with van der Waals surface area (Å²) in [6.45, 7) is 1.81. The highest BCUT2D eigenvalue weighted by Crippen LogP contribution is 2.33. The fraction of sp³-hybridized carbons (Fsp3) is 0.344. The van der Waals surface area contributed by atoms with Crippen LogP contribution in [0.15, 0.2) is 72.8 Å². The molecule has 0 radical (unpaired) electrons. The standard InChI is InChI=1S/C32H35N3O5/c1-39-27-13-29-28(15-30(33-29)31(38)19-36)32(14-27)40-20-26(37)18-34-16-25-9-5-4-8-24(34)17-35(25)23-11-10-21-6-2-3-7-22(21)12-23/h2-7,10-15,24-26,33,36-37H,8-9,16-20H2,1H3/t24-,25-,26-/m0/s1. The first-order chi connectivity index (χ1) is 19.5. The number of benzene rings is 3. The molecule has 1 saturated heterocycles. The van der Waals surface area contributed by atoms with E-state index in [1.54, 1.807) is 25.3 Å². The maximum atomic E-state index is 12.0. The number of H-pyrrole nitrogens is 1. The Morgan fingerprint density at radius 3 is 2.62 bits per heavy atom. The van der Waals surface area contributed by atoms with Crippen LogP contribution in [0.5, 0.6) is 11.5 Å². The molecule has 8 nitrogen and oxygen atoms in total. The molecule has 7 rings (SSSR count). The van der Waals surface area contributed by atoms with Gasteiger partial charge in [0.1, 0.15) is 30.8 Å². The fourth-order valence-electron chi connectivity index (χ4n) is 6.00. The molecule has 208 valence electrons. The van der Waals surface area contributed by atoms with E-state index in [1.807, 2.05) is 0 Å². The molecule has 3 aliphatic rings. The van der Waals surface area contributed by atoms with Gasteiger partial charge in [-0.15, -0.1) is 0 Å². The van der Waals surface area contributed by atoms with E-state index < -0.39 is 18.5 Å². The van der Waals surface area contributed by atoms with Crippen LogP contribution >= 0.6 is 0 Å². The van der Waals surface area contributed by atoms with Crippen LogP contribution in [-0.2, 0) is 0 Å². The maximum Gasteiger partial charge on any atom is 0.204 e. The van der Waals surface area contributed by atoms with E-state index in [0.29, 0.717) is 40.7 Å². The van der Waals surface area contributed by atoms with Gasteiger partial charge < -0.3 is 29.6 Å². The molecule has 2 bridgehead atoms. The molecule has 3 aliphatic heterocycles. The number of piperazine rings is 1. The Kier molecular flexibility index (Phi) is 7.47. The number of rotatable bonds is 9. The number of anilines is 1. The minimum atomic E-state index is -0.697. The number of nitrogens with one attached hydrogen (secondary N) is 1. The van der Waals surface area contributed by atoms with Crippen LogP contribution < -0.4 is 14.4 Å². The molecular formula is C32H35N3O5. The normalized spacial score (nSPS) is 20.0. The first-order valence-corrected chi connectivity index (χ1v) is 13.8. The number of fused-ring (bicyclic) bond motifs is 6. The minimum Gasteiger partial charge on any atom is -0.497 e. The molecule has 0 saturated carbocycles. The number of hydrogen-bond acceptors (Lipinski definition) is 7. The van der Waals surface area contributed by atoms with Gasteiger partial charge in [0.05, 0.1) is 18.3 Å². The summed E-state index contributed by atoms with van der Waals surface area (Å²) < 4.78 is 11.5. The van der Waals surface area contributed by atoms with Gasteiger partial charge in [-0.3, -0.25) is 9.69 Å². The zero-order valence-electron chi connectivity index (χ0n) is 22.6. The quantitative estimate of drug-likeness (QED) is 0.216. The Bertz CT molecular complexity index is 1550. The Hall–Kier alpha value is -3.85. The van der Waals surface area contributed by atoms with Gasteiger partial charge in [0.2, 0.25) is 5.78 Å². The second-order valence-electron chi connectivity index (χ2n) is 10.7. The fourth-order valence-corrected chi connectivity index (χ4v) is 6.00. The van der Waals surface area contributed by atoms with Crippen LogP contribution in [0, 0.1) is 0 Å². The van der Waals surface area contributed by atoms with Gasteiger partial charge in [-0.2, -0.15) is 0 Å². The number of aliphatic hydroxyl groups is 2. The van der Waals surface area contributed by atoms with Crippen LogP contribution in [0.1, 0.15) is 23.3 Å². The predicted molar refractivity (Wildman–Crippen MR) is 157 cm³/mol. The lowest BCUT2D eigenvalue weighted by molar-refractivity contribution is 0.0408. The SMILES string of the molecule is COc1cc(OC[C@@H](O)CN2C[C@@H]3CC=CC[C@H]2CN3c2ccc3ccccc3c2)c2cc(C(=O)CO)[nH]c2c1. The number of hydrogen-bond donors (Lipinski definition) is 3. The summed E-state index contributed by atoms with van der Waals surface area (Å²) >= 11 is 0. The van der Waals surface area contributed by atoms with Gasteiger partial charge in [-0.1, -0.05) is 42.5 Å². The number of aromatic amines is 1. The van der Waals surface area contributed by atoms with Crippen molar-refractivity contribution >= 4 is 33.1 Å². The summed E-state index contributed by atoms with van der Waals surface area (Å²) in [4.78, 5) is 20.0. The van der Waals surface area contributed by atoms with Crippen LogP contribution in [0.2, 0.25) is 0 Å². The van der Waals surface area contributed by atoms with E-state index in [0.717, 1.165) is 25.9 Å². The highest BCUT2D eigenvalue weighted by atomic mass is 16.5. The van der Waals surface area contributed by atoms with Crippen molar-refractivity contribution in [1.29, 1.82) is 0 Å². The molecular weight excluding hydrogens is 506 g/mol. The van der Waals surface area contributed by atoms with E-state index in [4.69, 9.17) is 9.47 Å². The van der Waals surface area contributed by atoms with Crippen LogP contribution in [0.25, 0.3) is 21.7 Å². The van der Waals surface area contributed by atoms with E-state index >= 15 is 0 Å². The van der Waals surface area contributed by atoms with Gasteiger partial charge in [0, 0.05) is 54.9 Å². The first kappa shape index (κ1) is 26.4. The van der Waals surface area contributed by atoms with Crippen LogP contribution in [0.3, 0.4) is 0 Å². The van der Waals surface area contributed by atoms with Crippen LogP contribution in [0.4, 0.5) is 5.69 Å². The number of ketones is 1. The van der Waals surface area contributed by atoms with Crippen LogP contribution in [-0.4, -0.2) is 84.0 Å². The molecule has 4 heterocycles. The zero-order chi connectivity index (χ0) is 27.6. The molecule has 0 aliphatic carbocycles. The molecule has 0 amide bonds. The van der Waals surface area contributed by atoms with Crippen molar-refractivity contribution < 1.29 is 24.5 Å². The second kappa shape index (κ2) is 11.3. The molecule has 40 heavy (non-hydrogen) atoms. The summed E-state index contributed by atoms with van der Waals surface area (Å²) in [6.07, 6.45) is 5.77. The Morgan fingerprint density at radius 1 is 1.02 bits per heavy atom. The number of nitrogens with zero attached hydrogens (tertiary/aromatic N) is 2. The van der Waals surface area contributed by atoms with E-state index in [9.17, 15) is 15.0 Å². The summed E-state index contributed by atoms with van der Waals surface area (Å²) in [5, 5.41) is 23.5. The molecule has 4 aromatic rings. The zero-order valence-corrected chi connectivity index (χ0v) is 22.6. The number of aromatic nitrogens is 1.